The highest BCUT2D eigenvalue weighted by Crippen LogP contribution is 2.28. The molecule has 158 valence electrons. The first-order valence-corrected chi connectivity index (χ1v) is 10.5. The average molecular weight is 426 g/mol. The smallest absolute Gasteiger partial charge is 0.357 e. The monoisotopic (exact) mass is 425 g/mol. The second-order valence-electron chi connectivity index (χ2n) is 7.07. The second kappa shape index (κ2) is 9.58. The van der Waals surface area contributed by atoms with Crippen LogP contribution in [0.3, 0.4) is 0 Å². The first-order valence-electron chi connectivity index (χ1n) is 9.69. The molecule has 1 aromatic heterocycles. The lowest BCUT2D eigenvalue weighted by Crippen LogP contribution is -2.45. The van der Waals surface area contributed by atoms with Crippen molar-refractivity contribution in [2.75, 3.05) is 26.2 Å². The van der Waals surface area contributed by atoms with Gasteiger partial charge >= 0.3 is 6.18 Å². The lowest BCUT2D eigenvalue weighted by Gasteiger charge is -2.19. The Hall–Kier alpha value is -2.13. The first-order chi connectivity index (χ1) is 13.8. The Balaban J connectivity index is 1.62. The number of likely N-dealkylation sites (tertiary alicyclic amines) is 1. The van der Waals surface area contributed by atoms with Crippen LogP contribution in [0.4, 0.5) is 13.2 Å². The Morgan fingerprint density at radius 3 is 2.76 bits per heavy atom. The normalized spacial score (nSPS) is 18.2. The molecule has 1 aliphatic heterocycles. The SMILES string of the molecule is CCNC(=NCc1sc(-c2ccccc2)nc1C)NC1CCN(CC(F)(F)F)C1. The highest BCUT2D eigenvalue weighted by atomic mass is 32.1. The molecule has 1 unspecified atom stereocenters. The fraction of sp³-hybridized carbons (Fsp3) is 0.500. The van der Waals surface area contributed by atoms with Gasteiger partial charge in [-0.2, -0.15) is 13.2 Å². The maximum absolute atomic E-state index is 12.6. The third-order valence-electron chi connectivity index (χ3n) is 4.65. The summed E-state index contributed by atoms with van der Waals surface area (Å²) in [6.45, 7) is 5.04. The van der Waals surface area contributed by atoms with Crippen LogP contribution in [0.1, 0.15) is 23.9 Å². The number of aliphatic imine (C=N–C) groups is 1. The summed E-state index contributed by atoms with van der Waals surface area (Å²) in [5, 5.41) is 7.42. The Morgan fingerprint density at radius 2 is 2.07 bits per heavy atom. The molecule has 2 aromatic rings. The summed E-state index contributed by atoms with van der Waals surface area (Å²) < 4.78 is 37.8. The quantitative estimate of drug-likeness (QED) is 0.546. The number of benzene rings is 1. The van der Waals surface area contributed by atoms with Crippen molar-refractivity contribution < 1.29 is 13.2 Å². The van der Waals surface area contributed by atoms with E-state index in [1.165, 1.54) is 4.90 Å². The van der Waals surface area contributed by atoms with Crippen molar-refractivity contribution in [3.05, 3.63) is 40.9 Å². The van der Waals surface area contributed by atoms with Gasteiger partial charge in [-0.3, -0.25) is 4.90 Å². The van der Waals surface area contributed by atoms with Gasteiger partial charge in [0.1, 0.15) is 5.01 Å². The highest BCUT2D eigenvalue weighted by Gasteiger charge is 2.34. The summed E-state index contributed by atoms with van der Waals surface area (Å²) >= 11 is 1.62. The molecule has 2 heterocycles. The van der Waals surface area contributed by atoms with Crippen LogP contribution in [0.2, 0.25) is 0 Å². The third-order valence-corrected chi connectivity index (χ3v) is 5.85. The van der Waals surface area contributed by atoms with Crippen LogP contribution in [0.5, 0.6) is 0 Å². The molecule has 1 atom stereocenters. The molecule has 0 aliphatic carbocycles. The zero-order chi connectivity index (χ0) is 20.9. The minimum absolute atomic E-state index is 0.0439. The number of guanidine groups is 1. The topological polar surface area (TPSA) is 52.6 Å². The molecule has 9 heteroatoms. The van der Waals surface area contributed by atoms with E-state index in [4.69, 9.17) is 0 Å². The van der Waals surface area contributed by atoms with E-state index < -0.39 is 12.7 Å². The molecule has 1 fully saturated rings. The number of hydrogen-bond donors (Lipinski definition) is 2. The van der Waals surface area contributed by atoms with Crippen molar-refractivity contribution in [2.45, 2.75) is 39.0 Å². The van der Waals surface area contributed by atoms with Gasteiger partial charge in [0.15, 0.2) is 5.96 Å². The number of halogens is 3. The fourth-order valence-corrected chi connectivity index (χ4v) is 4.28. The summed E-state index contributed by atoms with van der Waals surface area (Å²) in [5.74, 6) is 0.625. The average Bonchev–Trinajstić information content (AvgIpc) is 3.25. The summed E-state index contributed by atoms with van der Waals surface area (Å²) in [5.41, 5.74) is 2.03. The summed E-state index contributed by atoms with van der Waals surface area (Å²) in [6.07, 6.45) is -3.49. The van der Waals surface area contributed by atoms with E-state index in [-0.39, 0.29) is 6.04 Å². The van der Waals surface area contributed by atoms with Crippen molar-refractivity contribution >= 4 is 17.3 Å². The molecule has 29 heavy (non-hydrogen) atoms. The van der Waals surface area contributed by atoms with Crippen LogP contribution >= 0.6 is 11.3 Å². The van der Waals surface area contributed by atoms with E-state index in [0.29, 0.717) is 38.6 Å². The second-order valence-corrected chi connectivity index (χ2v) is 8.15. The van der Waals surface area contributed by atoms with Crippen LogP contribution in [0, 0.1) is 6.92 Å². The lowest BCUT2D eigenvalue weighted by atomic mass is 10.2. The molecule has 1 aromatic carbocycles. The number of hydrogen-bond acceptors (Lipinski definition) is 4. The molecule has 5 nitrogen and oxygen atoms in total. The number of thiazole rings is 1. The minimum atomic E-state index is -4.16. The van der Waals surface area contributed by atoms with E-state index in [1.807, 2.05) is 44.2 Å². The van der Waals surface area contributed by atoms with E-state index in [9.17, 15) is 13.2 Å². The van der Waals surface area contributed by atoms with Gasteiger partial charge in [-0.25, -0.2) is 9.98 Å². The number of rotatable bonds is 6. The molecular formula is C20H26F3N5S. The first kappa shape index (κ1) is 21.6. The molecule has 1 saturated heterocycles. The minimum Gasteiger partial charge on any atom is -0.357 e. The molecular weight excluding hydrogens is 399 g/mol. The van der Waals surface area contributed by atoms with Crippen LogP contribution in [0.15, 0.2) is 35.3 Å². The zero-order valence-corrected chi connectivity index (χ0v) is 17.4. The van der Waals surface area contributed by atoms with Crippen molar-refractivity contribution in [3.63, 3.8) is 0 Å². The van der Waals surface area contributed by atoms with Gasteiger partial charge in [0.25, 0.3) is 0 Å². The maximum Gasteiger partial charge on any atom is 0.401 e. The van der Waals surface area contributed by atoms with Crippen molar-refractivity contribution in [1.82, 2.24) is 20.5 Å². The summed E-state index contributed by atoms with van der Waals surface area (Å²) in [4.78, 5) is 11.8. The van der Waals surface area contributed by atoms with Gasteiger partial charge in [-0.05, 0) is 20.3 Å². The van der Waals surface area contributed by atoms with E-state index in [2.05, 4.69) is 20.6 Å². The Morgan fingerprint density at radius 1 is 1.31 bits per heavy atom. The number of alkyl halides is 3. The molecule has 0 saturated carbocycles. The van der Waals surface area contributed by atoms with Gasteiger partial charge in [-0.15, -0.1) is 11.3 Å². The number of aryl methyl sites for hydroxylation is 1. The number of nitrogens with zero attached hydrogens (tertiary/aromatic N) is 3. The molecule has 1 aliphatic rings. The Kier molecular flexibility index (Phi) is 7.13. The highest BCUT2D eigenvalue weighted by molar-refractivity contribution is 7.15. The van der Waals surface area contributed by atoms with Gasteiger partial charge in [-0.1, -0.05) is 30.3 Å². The molecule has 0 spiro atoms. The molecule has 2 N–H and O–H groups in total. The zero-order valence-electron chi connectivity index (χ0n) is 16.6. The summed E-state index contributed by atoms with van der Waals surface area (Å²) in [6, 6.07) is 9.97. The van der Waals surface area contributed by atoms with Gasteiger partial charge in [0.05, 0.1) is 18.8 Å². The van der Waals surface area contributed by atoms with Crippen molar-refractivity contribution in [1.29, 1.82) is 0 Å². The third kappa shape index (κ3) is 6.43. The number of nitrogens with one attached hydrogen (secondary N) is 2. The molecule has 0 radical (unpaired) electrons. The number of aromatic nitrogens is 1. The van der Waals surface area contributed by atoms with Crippen molar-refractivity contribution in [2.24, 2.45) is 4.99 Å². The van der Waals surface area contributed by atoms with Crippen LogP contribution < -0.4 is 10.6 Å². The lowest BCUT2D eigenvalue weighted by molar-refractivity contribution is -0.143. The van der Waals surface area contributed by atoms with E-state index in [1.54, 1.807) is 11.3 Å². The fourth-order valence-electron chi connectivity index (χ4n) is 3.29. The van der Waals surface area contributed by atoms with Crippen LogP contribution in [-0.2, 0) is 6.54 Å². The Labute approximate surface area is 173 Å². The molecule has 0 bridgehead atoms. The van der Waals surface area contributed by atoms with Crippen molar-refractivity contribution in [3.8, 4) is 10.6 Å². The van der Waals surface area contributed by atoms with Crippen LogP contribution in [0.25, 0.3) is 10.6 Å². The van der Waals surface area contributed by atoms with Gasteiger partial charge in [0, 0.05) is 36.1 Å². The van der Waals surface area contributed by atoms with Crippen LogP contribution in [-0.4, -0.2) is 54.2 Å². The summed E-state index contributed by atoms with van der Waals surface area (Å²) in [7, 11) is 0. The van der Waals surface area contributed by atoms with E-state index >= 15 is 0 Å². The Bertz CT molecular complexity index is 819. The largest absolute Gasteiger partial charge is 0.401 e. The predicted molar refractivity (Wildman–Crippen MR) is 111 cm³/mol. The molecule has 3 rings (SSSR count). The predicted octanol–water partition coefficient (Wildman–Crippen LogP) is 3.81. The van der Waals surface area contributed by atoms with Gasteiger partial charge < -0.3 is 10.6 Å². The van der Waals surface area contributed by atoms with E-state index in [0.717, 1.165) is 21.1 Å². The van der Waals surface area contributed by atoms with Gasteiger partial charge in [0.2, 0.25) is 0 Å². The molecule has 0 amide bonds. The standard InChI is InChI=1S/C20H26F3N5S/c1-3-24-19(27-16-9-10-28(12-16)13-20(21,22)23)25-11-17-14(2)26-18(29-17)15-7-5-4-6-8-15/h4-8,16H,3,9-13H2,1-2H3,(H2,24,25,27). The maximum atomic E-state index is 12.6.